The summed E-state index contributed by atoms with van der Waals surface area (Å²) in [6.45, 7) is 3.82. The van der Waals surface area contributed by atoms with E-state index in [-0.39, 0.29) is 29.5 Å². The van der Waals surface area contributed by atoms with E-state index in [0.29, 0.717) is 5.56 Å². The van der Waals surface area contributed by atoms with Gasteiger partial charge in [0, 0.05) is 13.1 Å². The summed E-state index contributed by atoms with van der Waals surface area (Å²) in [5.41, 5.74) is 1.86. The van der Waals surface area contributed by atoms with Crippen molar-refractivity contribution in [3.8, 4) is 0 Å². The van der Waals surface area contributed by atoms with Crippen LogP contribution in [0.1, 0.15) is 22.7 Å². The van der Waals surface area contributed by atoms with Gasteiger partial charge in [0.15, 0.2) is 0 Å². The summed E-state index contributed by atoms with van der Waals surface area (Å²) in [7, 11) is -3.94. The van der Waals surface area contributed by atoms with Crippen LogP contribution in [-0.2, 0) is 14.8 Å². The van der Waals surface area contributed by atoms with Gasteiger partial charge in [0.05, 0.1) is 4.90 Å². The summed E-state index contributed by atoms with van der Waals surface area (Å²) in [4.78, 5) is 12.4. The lowest BCUT2D eigenvalue weighted by Gasteiger charge is -2.34. The summed E-state index contributed by atoms with van der Waals surface area (Å²) < 4.78 is 40.8. The molecular formula is C18H19FN2O3S. The van der Waals surface area contributed by atoms with Gasteiger partial charge in [-0.3, -0.25) is 4.79 Å². The molecule has 0 bridgehead atoms. The predicted octanol–water partition coefficient (Wildman–Crippen LogP) is 2.30. The second-order valence-corrected chi connectivity index (χ2v) is 8.02. The number of piperazine rings is 1. The topological polar surface area (TPSA) is 66.5 Å². The maximum Gasteiger partial charge on any atom is 0.244 e. The molecule has 0 spiro atoms. The largest absolute Gasteiger partial charge is 0.353 e. The first-order chi connectivity index (χ1) is 11.8. The van der Waals surface area contributed by atoms with Gasteiger partial charge < -0.3 is 5.32 Å². The second-order valence-electron chi connectivity index (χ2n) is 6.13. The first-order valence-corrected chi connectivity index (χ1v) is 9.37. The molecule has 1 heterocycles. The molecule has 2 aromatic rings. The van der Waals surface area contributed by atoms with Crippen LogP contribution in [-0.4, -0.2) is 31.7 Å². The summed E-state index contributed by atoms with van der Waals surface area (Å²) in [5, 5.41) is 2.71. The molecule has 7 heteroatoms. The normalized spacial score (nSPS) is 18.8. The van der Waals surface area contributed by atoms with E-state index in [1.54, 1.807) is 12.1 Å². The zero-order valence-corrected chi connectivity index (χ0v) is 14.8. The zero-order chi connectivity index (χ0) is 18.2. The lowest BCUT2D eigenvalue weighted by Crippen LogP contribution is -2.52. The molecule has 0 saturated carbocycles. The van der Waals surface area contributed by atoms with Crippen LogP contribution < -0.4 is 5.32 Å². The van der Waals surface area contributed by atoms with Crippen LogP contribution in [0.4, 0.5) is 4.39 Å². The van der Waals surface area contributed by atoms with E-state index < -0.39 is 21.9 Å². The predicted molar refractivity (Wildman–Crippen MR) is 92.0 cm³/mol. The highest BCUT2D eigenvalue weighted by atomic mass is 32.2. The van der Waals surface area contributed by atoms with E-state index in [9.17, 15) is 17.6 Å². The fourth-order valence-corrected chi connectivity index (χ4v) is 4.55. The zero-order valence-electron chi connectivity index (χ0n) is 14.0. The van der Waals surface area contributed by atoms with E-state index in [1.807, 2.05) is 19.1 Å². The number of carbonyl (C=O) groups excluding carboxylic acids is 1. The van der Waals surface area contributed by atoms with Crippen molar-refractivity contribution in [3.63, 3.8) is 0 Å². The number of carbonyl (C=O) groups is 1. The van der Waals surface area contributed by atoms with Gasteiger partial charge in [-0.05, 0) is 43.2 Å². The summed E-state index contributed by atoms with van der Waals surface area (Å²) in [6.07, 6.45) is 0. The number of amides is 1. The number of nitrogens with zero attached hydrogens (tertiary/aromatic N) is 1. The van der Waals surface area contributed by atoms with E-state index in [1.165, 1.54) is 23.4 Å². The van der Waals surface area contributed by atoms with E-state index in [4.69, 9.17) is 0 Å². The molecule has 1 atom stereocenters. The molecule has 132 valence electrons. The maximum atomic E-state index is 13.5. The number of halogens is 1. The van der Waals surface area contributed by atoms with Crippen LogP contribution in [0, 0.1) is 19.7 Å². The van der Waals surface area contributed by atoms with Crippen molar-refractivity contribution < 1.29 is 17.6 Å². The van der Waals surface area contributed by atoms with Gasteiger partial charge in [0.2, 0.25) is 15.9 Å². The molecule has 1 N–H and O–H groups in total. The Morgan fingerprint density at radius 1 is 1.12 bits per heavy atom. The fourth-order valence-electron chi connectivity index (χ4n) is 2.88. The van der Waals surface area contributed by atoms with Crippen molar-refractivity contribution in [2.45, 2.75) is 24.8 Å². The number of aryl methyl sites for hydroxylation is 2. The van der Waals surface area contributed by atoms with E-state index in [2.05, 4.69) is 5.32 Å². The Morgan fingerprint density at radius 2 is 1.80 bits per heavy atom. The van der Waals surface area contributed by atoms with Crippen LogP contribution in [0.5, 0.6) is 0 Å². The van der Waals surface area contributed by atoms with Crippen molar-refractivity contribution in [3.05, 3.63) is 65.0 Å². The molecule has 1 aliphatic heterocycles. The van der Waals surface area contributed by atoms with Gasteiger partial charge in [-0.1, -0.05) is 29.8 Å². The van der Waals surface area contributed by atoms with Gasteiger partial charge in [-0.25, -0.2) is 12.8 Å². The monoisotopic (exact) mass is 362 g/mol. The second kappa shape index (κ2) is 6.57. The SMILES string of the molecule is Cc1ccc(C2C(=O)NCCN2S(=O)(=O)c2ccc(F)c(C)c2)cc1. The molecule has 2 aromatic carbocycles. The summed E-state index contributed by atoms with van der Waals surface area (Å²) in [5.74, 6) is -0.831. The molecule has 1 aliphatic rings. The molecule has 1 amide bonds. The molecule has 0 radical (unpaired) electrons. The van der Waals surface area contributed by atoms with Gasteiger partial charge in [-0.15, -0.1) is 0 Å². The Labute approximate surface area is 146 Å². The molecule has 1 fully saturated rings. The minimum absolute atomic E-state index is 0.0155. The van der Waals surface area contributed by atoms with Crippen LogP contribution in [0.25, 0.3) is 0 Å². The number of hydrogen-bond donors (Lipinski definition) is 1. The van der Waals surface area contributed by atoms with Crippen molar-refractivity contribution in [2.24, 2.45) is 0 Å². The average molecular weight is 362 g/mol. The molecule has 5 nitrogen and oxygen atoms in total. The quantitative estimate of drug-likeness (QED) is 0.911. The highest BCUT2D eigenvalue weighted by molar-refractivity contribution is 7.89. The third-order valence-electron chi connectivity index (χ3n) is 4.30. The Morgan fingerprint density at radius 3 is 2.44 bits per heavy atom. The Bertz CT molecular complexity index is 910. The standard InChI is InChI=1S/C18H19FN2O3S/c1-12-3-5-14(6-4-12)17-18(22)20-9-10-21(17)25(23,24)15-7-8-16(19)13(2)11-15/h3-8,11,17H,9-10H2,1-2H3,(H,20,22). The number of nitrogens with one attached hydrogen (secondary N) is 1. The smallest absolute Gasteiger partial charge is 0.244 e. The molecule has 1 saturated heterocycles. The molecule has 0 aromatic heterocycles. The highest BCUT2D eigenvalue weighted by Crippen LogP contribution is 2.30. The average Bonchev–Trinajstić information content (AvgIpc) is 2.58. The van der Waals surface area contributed by atoms with E-state index in [0.717, 1.165) is 11.6 Å². The molecular weight excluding hydrogens is 343 g/mol. The summed E-state index contributed by atoms with van der Waals surface area (Å²) in [6, 6.07) is 9.90. The van der Waals surface area contributed by atoms with Gasteiger partial charge in [0.1, 0.15) is 11.9 Å². The maximum absolute atomic E-state index is 13.5. The number of sulfonamides is 1. The van der Waals surface area contributed by atoms with Crippen LogP contribution in [0.2, 0.25) is 0 Å². The molecule has 25 heavy (non-hydrogen) atoms. The Hall–Kier alpha value is -2.25. The Kier molecular flexibility index (Phi) is 4.62. The first-order valence-electron chi connectivity index (χ1n) is 7.93. The third kappa shape index (κ3) is 3.29. The lowest BCUT2D eigenvalue weighted by molar-refractivity contribution is -0.126. The molecule has 1 unspecified atom stereocenters. The van der Waals surface area contributed by atoms with E-state index >= 15 is 0 Å². The van der Waals surface area contributed by atoms with Crippen molar-refractivity contribution >= 4 is 15.9 Å². The van der Waals surface area contributed by atoms with Gasteiger partial charge in [-0.2, -0.15) is 4.31 Å². The minimum atomic E-state index is -3.94. The highest BCUT2D eigenvalue weighted by Gasteiger charge is 2.39. The van der Waals surface area contributed by atoms with Gasteiger partial charge >= 0.3 is 0 Å². The molecule has 0 aliphatic carbocycles. The van der Waals surface area contributed by atoms with Gasteiger partial charge in [0.25, 0.3) is 0 Å². The van der Waals surface area contributed by atoms with Crippen molar-refractivity contribution in [2.75, 3.05) is 13.1 Å². The number of hydrogen-bond acceptors (Lipinski definition) is 3. The lowest BCUT2D eigenvalue weighted by atomic mass is 10.0. The van der Waals surface area contributed by atoms with Crippen molar-refractivity contribution in [1.29, 1.82) is 0 Å². The minimum Gasteiger partial charge on any atom is -0.353 e. The fraction of sp³-hybridized carbons (Fsp3) is 0.278. The van der Waals surface area contributed by atoms with Crippen LogP contribution >= 0.6 is 0 Å². The molecule has 3 rings (SSSR count). The van der Waals surface area contributed by atoms with Crippen LogP contribution in [0.15, 0.2) is 47.4 Å². The summed E-state index contributed by atoms with van der Waals surface area (Å²) >= 11 is 0. The third-order valence-corrected chi connectivity index (χ3v) is 6.16. The first kappa shape index (κ1) is 17.6. The number of rotatable bonds is 3. The van der Waals surface area contributed by atoms with Crippen molar-refractivity contribution in [1.82, 2.24) is 9.62 Å². The van der Waals surface area contributed by atoms with Crippen LogP contribution in [0.3, 0.4) is 0 Å². The Balaban J connectivity index is 2.06. The number of benzene rings is 2.